The number of aromatic nitrogens is 1. The van der Waals surface area contributed by atoms with Crippen molar-refractivity contribution in [3.05, 3.63) is 16.6 Å². The number of rotatable bonds is 2. The van der Waals surface area contributed by atoms with E-state index >= 15 is 0 Å². The Morgan fingerprint density at radius 1 is 1.50 bits per heavy atom. The van der Waals surface area contributed by atoms with Gasteiger partial charge in [-0.25, -0.2) is 9.78 Å². The molecular formula is C14H23N3O2S. The molecular weight excluding hydrogens is 274 g/mol. The fraction of sp³-hybridized carbons (Fsp3) is 0.714. The Labute approximate surface area is 124 Å². The number of thiazole rings is 1. The molecule has 20 heavy (non-hydrogen) atoms. The van der Waals surface area contributed by atoms with E-state index in [1.54, 1.807) is 11.3 Å². The third-order valence-corrected chi connectivity index (χ3v) is 3.84. The van der Waals surface area contributed by atoms with Crippen LogP contribution in [-0.4, -0.2) is 52.2 Å². The Morgan fingerprint density at radius 3 is 2.80 bits per heavy atom. The smallest absolute Gasteiger partial charge is 0.410 e. The number of piperazine rings is 1. The molecule has 0 N–H and O–H groups in total. The predicted molar refractivity (Wildman–Crippen MR) is 79.8 cm³/mol. The lowest BCUT2D eigenvalue weighted by Crippen LogP contribution is -2.54. The van der Waals surface area contributed by atoms with Crippen molar-refractivity contribution in [1.82, 2.24) is 14.8 Å². The summed E-state index contributed by atoms with van der Waals surface area (Å²) < 4.78 is 5.45. The Hall–Kier alpha value is -1.14. The standard InChI is InChI=1S/C14H23N3O2S/c1-11-7-16(8-12-9-20-10-15-12)5-6-17(11)13(18)19-14(2,3)4/h9-11H,5-8H2,1-4H3/t11-/m1/s1. The van der Waals surface area contributed by atoms with Gasteiger partial charge in [-0.05, 0) is 27.7 Å². The summed E-state index contributed by atoms with van der Waals surface area (Å²) in [5.41, 5.74) is 2.53. The van der Waals surface area contributed by atoms with Crippen molar-refractivity contribution in [2.75, 3.05) is 19.6 Å². The first-order chi connectivity index (χ1) is 9.35. The molecule has 0 spiro atoms. The lowest BCUT2D eigenvalue weighted by Gasteiger charge is -2.40. The van der Waals surface area contributed by atoms with E-state index in [2.05, 4.69) is 22.2 Å². The predicted octanol–water partition coefficient (Wildman–Crippen LogP) is 2.58. The molecule has 1 aromatic rings. The van der Waals surface area contributed by atoms with Gasteiger partial charge in [-0.1, -0.05) is 0 Å². The van der Waals surface area contributed by atoms with Crippen LogP contribution in [0.15, 0.2) is 10.9 Å². The molecule has 1 aliphatic rings. The van der Waals surface area contributed by atoms with Crippen LogP contribution in [0.1, 0.15) is 33.4 Å². The maximum Gasteiger partial charge on any atom is 0.410 e. The fourth-order valence-electron chi connectivity index (χ4n) is 2.31. The van der Waals surface area contributed by atoms with E-state index in [-0.39, 0.29) is 12.1 Å². The molecule has 0 radical (unpaired) electrons. The molecule has 5 nitrogen and oxygen atoms in total. The molecule has 112 valence electrons. The molecule has 2 heterocycles. The van der Waals surface area contributed by atoms with E-state index in [0.717, 1.165) is 25.3 Å². The quantitative estimate of drug-likeness (QED) is 0.841. The van der Waals surface area contributed by atoms with Gasteiger partial charge in [0.2, 0.25) is 0 Å². The molecule has 1 fully saturated rings. The Bertz CT molecular complexity index is 442. The van der Waals surface area contributed by atoms with Gasteiger partial charge in [-0.15, -0.1) is 11.3 Å². The molecule has 0 aromatic carbocycles. The minimum Gasteiger partial charge on any atom is -0.444 e. The van der Waals surface area contributed by atoms with Gasteiger partial charge < -0.3 is 9.64 Å². The molecule has 1 aromatic heterocycles. The zero-order valence-corrected chi connectivity index (χ0v) is 13.4. The van der Waals surface area contributed by atoms with Crippen LogP contribution in [0.4, 0.5) is 4.79 Å². The molecule has 6 heteroatoms. The second-order valence-corrected chi connectivity index (χ2v) is 6.96. The van der Waals surface area contributed by atoms with Crippen LogP contribution in [0.3, 0.4) is 0 Å². The summed E-state index contributed by atoms with van der Waals surface area (Å²) in [4.78, 5) is 20.6. The molecule has 1 atom stereocenters. The number of hydrogen-bond donors (Lipinski definition) is 0. The van der Waals surface area contributed by atoms with Gasteiger partial charge in [0, 0.05) is 37.6 Å². The van der Waals surface area contributed by atoms with Crippen molar-refractivity contribution < 1.29 is 9.53 Å². The molecule has 0 aliphatic carbocycles. The lowest BCUT2D eigenvalue weighted by atomic mass is 10.2. The Kier molecular flexibility index (Phi) is 4.65. The minimum absolute atomic E-state index is 0.164. The highest BCUT2D eigenvalue weighted by Gasteiger charge is 2.30. The number of nitrogens with zero attached hydrogens (tertiary/aromatic N) is 3. The largest absolute Gasteiger partial charge is 0.444 e. The van der Waals surface area contributed by atoms with E-state index < -0.39 is 5.60 Å². The molecule has 1 aliphatic heterocycles. The average molecular weight is 297 g/mol. The average Bonchev–Trinajstić information content (AvgIpc) is 2.79. The summed E-state index contributed by atoms with van der Waals surface area (Å²) in [6.45, 7) is 11.0. The first-order valence-corrected chi connectivity index (χ1v) is 7.88. The number of carbonyl (C=O) groups excluding carboxylic acids is 1. The highest BCUT2D eigenvalue weighted by atomic mass is 32.1. The molecule has 0 unspecified atom stereocenters. The zero-order chi connectivity index (χ0) is 14.8. The van der Waals surface area contributed by atoms with Crippen LogP contribution in [0.5, 0.6) is 0 Å². The highest BCUT2D eigenvalue weighted by molar-refractivity contribution is 7.07. The van der Waals surface area contributed by atoms with Gasteiger partial charge in [-0.3, -0.25) is 4.90 Å². The maximum absolute atomic E-state index is 12.1. The second kappa shape index (κ2) is 6.10. The van der Waals surface area contributed by atoms with Gasteiger partial charge in [0.1, 0.15) is 5.60 Å². The Balaban J connectivity index is 1.87. The summed E-state index contributed by atoms with van der Waals surface area (Å²) in [5, 5.41) is 2.07. The maximum atomic E-state index is 12.1. The fourth-order valence-corrected chi connectivity index (χ4v) is 2.86. The van der Waals surface area contributed by atoms with E-state index in [4.69, 9.17) is 4.74 Å². The van der Waals surface area contributed by atoms with Crippen LogP contribution in [0.2, 0.25) is 0 Å². The summed E-state index contributed by atoms with van der Waals surface area (Å²) in [7, 11) is 0. The molecule has 0 saturated carbocycles. The van der Waals surface area contributed by atoms with E-state index in [0.29, 0.717) is 6.54 Å². The third kappa shape index (κ3) is 4.18. The summed E-state index contributed by atoms with van der Waals surface area (Å²) in [6, 6.07) is 0.164. The van der Waals surface area contributed by atoms with E-state index in [1.165, 1.54) is 0 Å². The van der Waals surface area contributed by atoms with Crippen LogP contribution in [0, 0.1) is 0 Å². The molecule has 1 amide bonds. The minimum atomic E-state index is -0.436. The second-order valence-electron chi connectivity index (χ2n) is 6.24. The number of amides is 1. The van der Waals surface area contributed by atoms with Gasteiger partial charge in [0.25, 0.3) is 0 Å². The van der Waals surface area contributed by atoms with Gasteiger partial charge in [0.15, 0.2) is 0 Å². The lowest BCUT2D eigenvalue weighted by molar-refractivity contribution is 0.000458. The number of hydrogen-bond acceptors (Lipinski definition) is 5. The zero-order valence-electron chi connectivity index (χ0n) is 12.6. The van der Waals surface area contributed by atoms with Crippen molar-refractivity contribution in [1.29, 1.82) is 0 Å². The van der Waals surface area contributed by atoms with Crippen molar-refractivity contribution in [2.24, 2.45) is 0 Å². The van der Waals surface area contributed by atoms with Crippen LogP contribution < -0.4 is 0 Å². The van der Waals surface area contributed by atoms with Crippen molar-refractivity contribution in [3.8, 4) is 0 Å². The van der Waals surface area contributed by atoms with Crippen LogP contribution in [-0.2, 0) is 11.3 Å². The van der Waals surface area contributed by atoms with Crippen molar-refractivity contribution >= 4 is 17.4 Å². The van der Waals surface area contributed by atoms with Gasteiger partial charge in [-0.2, -0.15) is 0 Å². The van der Waals surface area contributed by atoms with Gasteiger partial charge >= 0.3 is 6.09 Å². The monoisotopic (exact) mass is 297 g/mol. The normalized spacial score (nSPS) is 21.0. The molecule has 1 saturated heterocycles. The molecule has 0 bridgehead atoms. The first-order valence-electron chi connectivity index (χ1n) is 6.94. The van der Waals surface area contributed by atoms with Crippen LogP contribution in [0.25, 0.3) is 0 Å². The van der Waals surface area contributed by atoms with Gasteiger partial charge in [0.05, 0.1) is 11.2 Å². The molecule has 2 rings (SSSR count). The van der Waals surface area contributed by atoms with E-state index in [1.807, 2.05) is 31.2 Å². The van der Waals surface area contributed by atoms with Crippen molar-refractivity contribution in [3.63, 3.8) is 0 Å². The number of ether oxygens (including phenoxy) is 1. The third-order valence-electron chi connectivity index (χ3n) is 3.21. The number of carbonyl (C=O) groups is 1. The topological polar surface area (TPSA) is 45.7 Å². The first kappa shape index (κ1) is 15.3. The van der Waals surface area contributed by atoms with Crippen molar-refractivity contribution in [2.45, 2.75) is 45.9 Å². The highest BCUT2D eigenvalue weighted by Crippen LogP contribution is 2.17. The summed E-state index contributed by atoms with van der Waals surface area (Å²) in [5.74, 6) is 0. The SMILES string of the molecule is C[C@@H]1CN(Cc2cscn2)CCN1C(=O)OC(C)(C)C. The summed E-state index contributed by atoms with van der Waals surface area (Å²) >= 11 is 1.62. The van der Waals surface area contributed by atoms with E-state index in [9.17, 15) is 4.79 Å². The van der Waals surface area contributed by atoms with Crippen LogP contribution >= 0.6 is 11.3 Å². The Morgan fingerprint density at radius 2 is 2.25 bits per heavy atom. The summed E-state index contributed by atoms with van der Waals surface area (Å²) in [6.07, 6.45) is -0.210.